The quantitative estimate of drug-likeness (QED) is 0.0425. The van der Waals surface area contributed by atoms with E-state index in [2.05, 4.69) is 31.3 Å². The molecule has 0 fully saturated rings. The van der Waals surface area contributed by atoms with Gasteiger partial charge in [0.2, 0.25) is 5.91 Å². The maximum atomic E-state index is 12.4. The Morgan fingerprint density at radius 2 is 0.679 bits per heavy atom. The highest BCUT2D eigenvalue weighted by Gasteiger charge is 2.20. The Kier molecular flexibility index (Phi) is 47.7. The normalized spacial score (nSPS) is 12.9. The molecule has 0 aromatic heterocycles. The molecule has 2 unspecified atom stereocenters. The van der Waals surface area contributed by atoms with E-state index < -0.39 is 12.1 Å². The molecular formula is C52H103NO3. The van der Waals surface area contributed by atoms with Gasteiger partial charge in [-0.25, -0.2) is 0 Å². The van der Waals surface area contributed by atoms with Crippen LogP contribution in [0, 0.1) is 0 Å². The predicted octanol–water partition coefficient (Wildman–Crippen LogP) is 16.6. The molecule has 0 rings (SSSR count). The molecular weight excluding hydrogens is 687 g/mol. The van der Waals surface area contributed by atoms with E-state index in [1.54, 1.807) is 0 Å². The Morgan fingerprint density at radius 1 is 0.411 bits per heavy atom. The second kappa shape index (κ2) is 48.5. The number of allylic oxidation sites excluding steroid dienone is 2. The number of amides is 1. The molecule has 0 saturated heterocycles. The van der Waals surface area contributed by atoms with Crippen LogP contribution in [0.3, 0.4) is 0 Å². The van der Waals surface area contributed by atoms with Gasteiger partial charge in [0, 0.05) is 6.42 Å². The van der Waals surface area contributed by atoms with Crippen LogP contribution in [0.15, 0.2) is 12.2 Å². The van der Waals surface area contributed by atoms with E-state index in [1.807, 2.05) is 0 Å². The minimum absolute atomic E-state index is 0.0267. The third-order valence-electron chi connectivity index (χ3n) is 12.3. The maximum Gasteiger partial charge on any atom is 0.220 e. The average Bonchev–Trinajstić information content (AvgIpc) is 3.20. The first kappa shape index (κ1) is 55.1. The van der Waals surface area contributed by atoms with Crippen molar-refractivity contribution < 1.29 is 15.0 Å². The van der Waals surface area contributed by atoms with Gasteiger partial charge in [0.05, 0.1) is 18.8 Å². The molecule has 0 aromatic carbocycles. The van der Waals surface area contributed by atoms with Gasteiger partial charge >= 0.3 is 0 Å². The van der Waals surface area contributed by atoms with Crippen molar-refractivity contribution in [3.05, 3.63) is 12.2 Å². The van der Waals surface area contributed by atoms with Crippen LogP contribution in [-0.2, 0) is 4.79 Å². The lowest BCUT2D eigenvalue weighted by molar-refractivity contribution is -0.123. The fourth-order valence-electron chi connectivity index (χ4n) is 8.30. The van der Waals surface area contributed by atoms with Gasteiger partial charge in [0.1, 0.15) is 0 Å². The molecule has 2 atom stereocenters. The number of carbonyl (C=O) groups is 1. The van der Waals surface area contributed by atoms with Crippen LogP contribution in [0.5, 0.6) is 0 Å². The van der Waals surface area contributed by atoms with Crippen molar-refractivity contribution in [2.45, 2.75) is 309 Å². The van der Waals surface area contributed by atoms with Crippen molar-refractivity contribution in [1.82, 2.24) is 5.32 Å². The van der Waals surface area contributed by atoms with E-state index in [9.17, 15) is 15.0 Å². The van der Waals surface area contributed by atoms with Gasteiger partial charge < -0.3 is 15.5 Å². The van der Waals surface area contributed by atoms with Crippen LogP contribution >= 0.6 is 0 Å². The van der Waals surface area contributed by atoms with E-state index in [1.165, 1.54) is 244 Å². The van der Waals surface area contributed by atoms with Gasteiger partial charge in [0.15, 0.2) is 0 Å². The van der Waals surface area contributed by atoms with Gasteiger partial charge in [-0.1, -0.05) is 264 Å². The van der Waals surface area contributed by atoms with Crippen LogP contribution in [0.25, 0.3) is 0 Å². The first-order valence-corrected chi connectivity index (χ1v) is 25.9. The number of carbonyl (C=O) groups excluding carboxylic acids is 1. The summed E-state index contributed by atoms with van der Waals surface area (Å²) < 4.78 is 0. The molecule has 56 heavy (non-hydrogen) atoms. The van der Waals surface area contributed by atoms with Crippen LogP contribution in [0.4, 0.5) is 0 Å². The number of aliphatic hydroxyl groups excluding tert-OH is 2. The van der Waals surface area contributed by atoms with Crippen molar-refractivity contribution >= 4 is 5.91 Å². The summed E-state index contributed by atoms with van der Waals surface area (Å²) in [5, 5.41) is 23.1. The highest BCUT2D eigenvalue weighted by atomic mass is 16.3. The largest absolute Gasteiger partial charge is 0.394 e. The average molecular weight is 790 g/mol. The number of hydrogen-bond acceptors (Lipinski definition) is 3. The molecule has 0 spiro atoms. The summed E-state index contributed by atoms with van der Waals surface area (Å²) in [6, 6.07) is -0.530. The van der Waals surface area contributed by atoms with Gasteiger partial charge in [-0.15, -0.1) is 0 Å². The fraction of sp³-hybridized carbons (Fsp3) is 0.942. The lowest BCUT2D eigenvalue weighted by Gasteiger charge is -2.22. The Morgan fingerprint density at radius 3 is 0.982 bits per heavy atom. The highest BCUT2D eigenvalue weighted by molar-refractivity contribution is 5.76. The topological polar surface area (TPSA) is 69.6 Å². The van der Waals surface area contributed by atoms with E-state index in [-0.39, 0.29) is 12.5 Å². The summed E-state index contributed by atoms with van der Waals surface area (Å²) in [4.78, 5) is 12.4. The summed E-state index contributed by atoms with van der Waals surface area (Å²) in [5.41, 5.74) is 0. The summed E-state index contributed by atoms with van der Waals surface area (Å²) in [6.45, 7) is 4.37. The molecule has 1 amide bonds. The number of aliphatic hydroxyl groups is 2. The Labute approximate surface area is 352 Å². The molecule has 334 valence electrons. The lowest BCUT2D eigenvalue weighted by Crippen LogP contribution is -2.45. The van der Waals surface area contributed by atoms with Crippen molar-refractivity contribution in [3.63, 3.8) is 0 Å². The fourth-order valence-corrected chi connectivity index (χ4v) is 8.30. The van der Waals surface area contributed by atoms with Crippen LogP contribution in [0.1, 0.15) is 296 Å². The van der Waals surface area contributed by atoms with Crippen LogP contribution in [-0.4, -0.2) is 34.9 Å². The second-order valence-electron chi connectivity index (χ2n) is 17.9. The molecule has 0 radical (unpaired) electrons. The second-order valence-corrected chi connectivity index (χ2v) is 17.9. The number of unbranched alkanes of at least 4 members (excludes halogenated alkanes) is 39. The third kappa shape index (κ3) is 44.2. The molecule has 0 aliphatic heterocycles. The van der Waals surface area contributed by atoms with Gasteiger partial charge in [-0.2, -0.15) is 0 Å². The number of nitrogens with one attached hydrogen (secondary N) is 1. The number of rotatable bonds is 48. The first-order valence-electron chi connectivity index (χ1n) is 25.9. The van der Waals surface area contributed by atoms with E-state index >= 15 is 0 Å². The lowest BCUT2D eigenvalue weighted by atomic mass is 10.0. The van der Waals surface area contributed by atoms with Gasteiger partial charge in [0.25, 0.3) is 0 Å². The van der Waals surface area contributed by atoms with Crippen molar-refractivity contribution in [2.75, 3.05) is 6.61 Å². The molecule has 0 aliphatic carbocycles. The zero-order valence-electron chi connectivity index (χ0n) is 38.4. The first-order chi connectivity index (χ1) is 27.7. The monoisotopic (exact) mass is 790 g/mol. The van der Waals surface area contributed by atoms with E-state index in [0.717, 1.165) is 25.7 Å². The third-order valence-corrected chi connectivity index (χ3v) is 12.3. The predicted molar refractivity (Wildman–Crippen MR) is 249 cm³/mol. The standard InChI is InChI=1S/C52H103NO3/c1-3-5-7-9-11-13-15-16-17-18-19-20-21-22-23-24-25-26-27-28-29-30-31-32-33-34-35-36-38-40-42-44-46-48-52(56)53-50(49-54)51(55)47-45-43-41-39-37-14-12-10-8-6-4-2/h18-19,50-51,54-55H,3-17,20-49H2,1-2H3,(H,53,56)/b19-18-. The zero-order chi connectivity index (χ0) is 40.7. The Bertz CT molecular complexity index is 769. The van der Waals surface area contributed by atoms with Crippen LogP contribution < -0.4 is 5.32 Å². The maximum absolute atomic E-state index is 12.4. The van der Waals surface area contributed by atoms with Crippen molar-refractivity contribution in [3.8, 4) is 0 Å². The molecule has 3 N–H and O–H groups in total. The molecule has 4 heteroatoms. The van der Waals surface area contributed by atoms with E-state index in [0.29, 0.717) is 12.8 Å². The van der Waals surface area contributed by atoms with Crippen molar-refractivity contribution in [1.29, 1.82) is 0 Å². The molecule has 0 aliphatic rings. The summed E-state index contributed by atoms with van der Waals surface area (Å²) >= 11 is 0. The highest BCUT2D eigenvalue weighted by Crippen LogP contribution is 2.17. The minimum Gasteiger partial charge on any atom is -0.394 e. The minimum atomic E-state index is -0.653. The smallest absolute Gasteiger partial charge is 0.220 e. The Balaban J connectivity index is 3.35. The molecule has 0 aromatic rings. The number of hydrogen-bond donors (Lipinski definition) is 3. The molecule has 0 saturated carbocycles. The molecule has 4 nitrogen and oxygen atoms in total. The van der Waals surface area contributed by atoms with Crippen LogP contribution in [0.2, 0.25) is 0 Å². The summed E-state index contributed by atoms with van der Waals surface area (Å²) in [6.07, 6.45) is 62.0. The Hall–Kier alpha value is -0.870. The summed E-state index contributed by atoms with van der Waals surface area (Å²) in [5.74, 6) is -0.0267. The zero-order valence-corrected chi connectivity index (χ0v) is 38.4. The van der Waals surface area contributed by atoms with Crippen molar-refractivity contribution in [2.24, 2.45) is 0 Å². The SMILES string of the molecule is CCCCCCCCCC/C=C\CCCCCCCCCCCCCCCCCCCCCCCC(=O)NC(CO)C(O)CCCCCCCCCCCCC. The van der Waals surface area contributed by atoms with E-state index in [4.69, 9.17) is 0 Å². The molecule has 0 bridgehead atoms. The molecule has 0 heterocycles. The summed E-state index contributed by atoms with van der Waals surface area (Å²) in [7, 11) is 0. The van der Waals surface area contributed by atoms with Gasteiger partial charge in [-0.3, -0.25) is 4.79 Å². The van der Waals surface area contributed by atoms with Gasteiger partial charge in [-0.05, 0) is 38.5 Å².